The van der Waals surface area contributed by atoms with Gasteiger partial charge >= 0.3 is 0 Å². The number of nitrogens with zero attached hydrogens (tertiary/aromatic N) is 2. The maximum absolute atomic E-state index is 13.0. The Hall–Kier alpha value is -2.44. The summed E-state index contributed by atoms with van der Waals surface area (Å²) in [4.78, 5) is 28.9. The molecular formula is C19H26N2O5. The van der Waals surface area contributed by atoms with Crippen LogP contribution >= 0.6 is 0 Å². The molecule has 142 valence electrons. The molecule has 0 radical (unpaired) electrons. The van der Waals surface area contributed by atoms with E-state index < -0.39 is 0 Å². The Kier molecular flexibility index (Phi) is 5.54. The van der Waals surface area contributed by atoms with Crippen molar-refractivity contribution in [1.29, 1.82) is 0 Å². The van der Waals surface area contributed by atoms with E-state index in [0.717, 1.165) is 19.3 Å². The first-order valence-corrected chi connectivity index (χ1v) is 8.97. The first-order valence-electron chi connectivity index (χ1n) is 8.97. The van der Waals surface area contributed by atoms with Gasteiger partial charge in [0.2, 0.25) is 11.7 Å². The van der Waals surface area contributed by atoms with Crippen LogP contribution in [0.15, 0.2) is 12.1 Å². The lowest BCUT2D eigenvalue weighted by Gasteiger charge is -2.23. The fourth-order valence-electron chi connectivity index (χ4n) is 3.32. The molecule has 1 aliphatic heterocycles. The van der Waals surface area contributed by atoms with Gasteiger partial charge in [0, 0.05) is 37.7 Å². The third-order valence-electron chi connectivity index (χ3n) is 4.93. The summed E-state index contributed by atoms with van der Waals surface area (Å²) in [5, 5.41) is 0. The maximum Gasteiger partial charge on any atom is 0.254 e. The normalized spacial score (nSPS) is 17.5. The molecule has 1 aromatic rings. The molecule has 1 saturated carbocycles. The van der Waals surface area contributed by atoms with Crippen LogP contribution in [0.3, 0.4) is 0 Å². The van der Waals surface area contributed by atoms with Gasteiger partial charge in [0.25, 0.3) is 5.91 Å². The molecule has 0 aromatic heterocycles. The van der Waals surface area contributed by atoms with Crippen molar-refractivity contribution in [3.05, 3.63) is 17.7 Å². The molecule has 0 unspecified atom stereocenters. The van der Waals surface area contributed by atoms with Gasteiger partial charge in [-0.3, -0.25) is 9.59 Å². The average Bonchev–Trinajstić information content (AvgIpc) is 3.52. The van der Waals surface area contributed by atoms with Crippen LogP contribution in [-0.2, 0) is 4.79 Å². The monoisotopic (exact) mass is 362 g/mol. The van der Waals surface area contributed by atoms with Crippen molar-refractivity contribution in [2.75, 3.05) is 47.5 Å². The second kappa shape index (κ2) is 7.85. The van der Waals surface area contributed by atoms with Gasteiger partial charge in [-0.05, 0) is 31.4 Å². The van der Waals surface area contributed by atoms with Crippen LogP contribution < -0.4 is 14.2 Å². The van der Waals surface area contributed by atoms with E-state index in [0.29, 0.717) is 49.0 Å². The molecule has 1 saturated heterocycles. The van der Waals surface area contributed by atoms with Crippen LogP contribution in [0.1, 0.15) is 29.6 Å². The van der Waals surface area contributed by atoms with Gasteiger partial charge in [-0.15, -0.1) is 0 Å². The SMILES string of the molecule is COc1cc(C(=O)N2CCCN(C(=O)C3CC3)CC2)cc(OC)c1OC. The van der Waals surface area contributed by atoms with Gasteiger partial charge in [0.15, 0.2) is 11.5 Å². The van der Waals surface area contributed by atoms with E-state index in [2.05, 4.69) is 0 Å². The smallest absolute Gasteiger partial charge is 0.254 e. The van der Waals surface area contributed by atoms with Crippen LogP contribution in [0.4, 0.5) is 0 Å². The van der Waals surface area contributed by atoms with Gasteiger partial charge in [-0.1, -0.05) is 0 Å². The van der Waals surface area contributed by atoms with Crippen LogP contribution in [0.2, 0.25) is 0 Å². The second-order valence-corrected chi connectivity index (χ2v) is 6.66. The fraction of sp³-hybridized carbons (Fsp3) is 0.579. The molecule has 7 nitrogen and oxygen atoms in total. The summed E-state index contributed by atoms with van der Waals surface area (Å²) in [5.41, 5.74) is 0.487. The van der Waals surface area contributed by atoms with E-state index >= 15 is 0 Å². The summed E-state index contributed by atoms with van der Waals surface area (Å²) in [7, 11) is 4.58. The number of carbonyl (C=O) groups excluding carboxylic acids is 2. The van der Waals surface area contributed by atoms with E-state index in [1.54, 1.807) is 17.0 Å². The Morgan fingerprint density at radius 1 is 0.885 bits per heavy atom. The number of carbonyl (C=O) groups is 2. The number of hydrogen-bond acceptors (Lipinski definition) is 5. The zero-order chi connectivity index (χ0) is 18.7. The van der Waals surface area contributed by atoms with Crippen LogP contribution in [0.5, 0.6) is 17.2 Å². The lowest BCUT2D eigenvalue weighted by molar-refractivity contribution is -0.132. The van der Waals surface area contributed by atoms with Gasteiger partial charge < -0.3 is 24.0 Å². The molecule has 7 heteroatoms. The van der Waals surface area contributed by atoms with Gasteiger partial charge in [0.05, 0.1) is 21.3 Å². The van der Waals surface area contributed by atoms with Crippen LogP contribution in [-0.4, -0.2) is 69.1 Å². The number of ether oxygens (including phenoxy) is 3. The van der Waals surface area contributed by atoms with Crippen molar-refractivity contribution >= 4 is 11.8 Å². The molecule has 0 spiro atoms. The number of methoxy groups -OCH3 is 3. The molecule has 0 N–H and O–H groups in total. The number of rotatable bonds is 5. The van der Waals surface area contributed by atoms with Gasteiger partial charge in [0.1, 0.15) is 0 Å². The van der Waals surface area contributed by atoms with Crippen molar-refractivity contribution < 1.29 is 23.8 Å². The zero-order valence-electron chi connectivity index (χ0n) is 15.6. The Morgan fingerprint density at radius 2 is 1.46 bits per heavy atom. The summed E-state index contributed by atoms with van der Waals surface area (Å²) < 4.78 is 16.0. The second-order valence-electron chi connectivity index (χ2n) is 6.66. The highest BCUT2D eigenvalue weighted by atomic mass is 16.5. The topological polar surface area (TPSA) is 68.3 Å². The average molecular weight is 362 g/mol. The standard InChI is InChI=1S/C19H26N2O5/c1-24-15-11-14(12-16(25-2)17(15)26-3)19(23)21-8-4-7-20(9-10-21)18(22)13-5-6-13/h11-13H,4-10H2,1-3H3. The Bertz CT molecular complexity index is 662. The number of amides is 2. The van der Waals surface area contributed by atoms with Gasteiger partial charge in [-0.25, -0.2) is 0 Å². The predicted molar refractivity (Wildman–Crippen MR) is 95.9 cm³/mol. The van der Waals surface area contributed by atoms with E-state index in [4.69, 9.17) is 14.2 Å². The van der Waals surface area contributed by atoms with Crippen molar-refractivity contribution in [2.45, 2.75) is 19.3 Å². The van der Waals surface area contributed by atoms with Crippen molar-refractivity contribution in [3.63, 3.8) is 0 Å². The number of benzene rings is 1. The summed E-state index contributed by atoms with van der Waals surface area (Å²) in [6, 6.07) is 3.34. The van der Waals surface area contributed by atoms with E-state index in [9.17, 15) is 9.59 Å². The highest BCUT2D eigenvalue weighted by molar-refractivity contribution is 5.95. The molecule has 2 fully saturated rings. The van der Waals surface area contributed by atoms with Crippen LogP contribution in [0, 0.1) is 5.92 Å². The van der Waals surface area contributed by atoms with Crippen molar-refractivity contribution in [1.82, 2.24) is 9.80 Å². The first-order chi connectivity index (χ1) is 12.6. The summed E-state index contributed by atoms with van der Waals surface area (Å²) in [6.45, 7) is 2.47. The number of hydrogen-bond donors (Lipinski definition) is 0. The largest absolute Gasteiger partial charge is 0.493 e. The van der Waals surface area contributed by atoms with E-state index in [1.807, 2.05) is 4.90 Å². The summed E-state index contributed by atoms with van der Waals surface area (Å²) >= 11 is 0. The molecule has 1 aliphatic carbocycles. The minimum absolute atomic E-state index is 0.0926. The molecule has 1 heterocycles. The summed E-state index contributed by atoms with van der Waals surface area (Å²) in [6.07, 6.45) is 2.79. The molecule has 0 atom stereocenters. The van der Waals surface area contributed by atoms with Crippen LogP contribution in [0.25, 0.3) is 0 Å². The molecule has 26 heavy (non-hydrogen) atoms. The zero-order valence-corrected chi connectivity index (χ0v) is 15.6. The third kappa shape index (κ3) is 3.71. The lowest BCUT2D eigenvalue weighted by Crippen LogP contribution is -2.38. The molecule has 2 amide bonds. The maximum atomic E-state index is 13.0. The van der Waals surface area contributed by atoms with Gasteiger partial charge in [-0.2, -0.15) is 0 Å². The Labute approximate surface area is 153 Å². The molecule has 2 aliphatic rings. The Balaban J connectivity index is 1.75. The van der Waals surface area contributed by atoms with E-state index in [1.165, 1.54) is 21.3 Å². The molecule has 0 bridgehead atoms. The molecule has 3 rings (SSSR count). The quantitative estimate of drug-likeness (QED) is 0.799. The molecule has 1 aromatic carbocycles. The minimum Gasteiger partial charge on any atom is -0.493 e. The lowest BCUT2D eigenvalue weighted by atomic mass is 10.1. The fourth-order valence-corrected chi connectivity index (χ4v) is 3.32. The highest BCUT2D eigenvalue weighted by Gasteiger charge is 2.34. The highest BCUT2D eigenvalue weighted by Crippen LogP contribution is 2.38. The first kappa shape index (κ1) is 18.4. The summed E-state index contributed by atoms with van der Waals surface area (Å²) in [5.74, 6) is 1.74. The third-order valence-corrected chi connectivity index (χ3v) is 4.93. The van der Waals surface area contributed by atoms with Crippen molar-refractivity contribution in [2.24, 2.45) is 5.92 Å². The predicted octanol–water partition coefficient (Wildman–Crippen LogP) is 1.80. The minimum atomic E-state index is -0.0926. The Morgan fingerprint density at radius 3 is 2.00 bits per heavy atom. The molecular weight excluding hydrogens is 336 g/mol. The van der Waals surface area contributed by atoms with Crippen molar-refractivity contribution in [3.8, 4) is 17.2 Å². The van der Waals surface area contributed by atoms with E-state index in [-0.39, 0.29) is 17.7 Å².